The summed E-state index contributed by atoms with van der Waals surface area (Å²) in [6, 6.07) is -2.22. The lowest BCUT2D eigenvalue weighted by molar-refractivity contribution is -0.143. The van der Waals surface area contributed by atoms with Gasteiger partial charge in [-0.15, -0.1) is 0 Å². The summed E-state index contributed by atoms with van der Waals surface area (Å²) in [5.41, 5.74) is 4.46. The molecule has 2 aliphatic rings. The zero-order valence-electron chi connectivity index (χ0n) is 23.6. The predicted octanol–water partition coefficient (Wildman–Crippen LogP) is 2.92. The first-order chi connectivity index (χ1) is 16.5. The van der Waals surface area contributed by atoms with Crippen LogP contribution in [0, 0.1) is 23.2 Å². The first kappa shape index (κ1) is 29.9. The number of amides is 5. The summed E-state index contributed by atoms with van der Waals surface area (Å²) in [6.45, 7) is 15.9. The lowest BCUT2D eigenvalue weighted by Gasteiger charge is -2.38. The van der Waals surface area contributed by atoms with Gasteiger partial charge in [0.05, 0.1) is 0 Å². The van der Waals surface area contributed by atoms with E-state index in [-0.39, 0.29) is 36.1 Å². The molecule has 5 amide bonds. The van der Waals surface area contributed by atoms with Crippen LogP contribution in [0.1, 0.15) is 93.9 Å². The van der Waals surface area contributed by atoms with Gasteiger partial charge in [0.1, 0.15) is 12.1 Å². The van der Waals surface area contributed by atoms with E-state index >= 15 is 0 Å². The highest BCUT2D eigenvalue weighted by Gasteiger charge is 2.47. The van der Waals surface area contributed by atoms with E-state index in [1.165, 1.54) is 6.42 Å². The van der Waals surface area contributed by atoms with Gasteiger partial charge >= 0.3 is 6.03 Å². The Morgan fingerprint density at radius 3 is 2.03 bits per heavy atom. The molecule has 0 aromatic carbocycles. The van der Waals surface area contributed by atoms with Crippen LogP contribution >= 0.6 is 0 Å². The first-order valence-electron chi connectivity index (χ1n) is 13.5. The van der Waals surface area contributed by atoms with E-state index in [1.807, 2.05) is 41.5 Å². The van der Waals surface area contributed by atoms with Gasteiger partial charge in [-0.2, -0.15) is 0 Å². The summed E-state index contributed by atoms with van der Waals surface area (Å²) in [4.78, 5) is 53.6. The molecule has 1 aliphatic carbocycles. The highest BCUT2D eigenvalue weighted by Crippen LogP contribution is 2.34. The smallest absolute Gasteiger partial charge is 0.315 e. The number of likely N-dealkylation sites (tertiary alicyclic amines) is 1. The van der Waals surface area contributed by atoms with Crippen molar-refractivity contribution in [3.63, 3.8) is 0 Å². The van der Waals surface area contributed by atoms with Crippen molar-refractivity contribution in [1.82, 2.24) is 20.9 Å². The zero-order valence-corrected chi connectivity index (χ0v) is 23.6. The summed E-state index contributed by atoms with van der Waals surface area (Å²) in [6.07, 6.45) is 4.89. The van der Waals surface area contributed by atoms with Gasteiger partial charge < -0.3 is 26.6 Å². The SMILES string of the molecule is CC(C)C1CCN(C(=O)[C@@H](NC(=O)NC(C)(C)C)C(C)(C)C)[C@@H]1C(=O)NC(CC(N)=O)CC1CCC1. The monoisotopic (exact) mass is 507 g/mol. The number of nitrogens with zero attached hydrogens (tertiary/aromatic N) is 1. The van der Waals surface area contributed by atoms with Crippen molar-refractivity contribution in [2.24, 2.45) is 28.9 Å². The van der Waals surface area contributed by atoms with Crippen molar-refractivity contribution >= 4 is 23.8 Å². The number of rotatable bonds is 9. The van der Waals surface area contributed by atoms with Gasteiger partial charge in [-0.05, 0) is 56.8 Å². The summed E-state index contributed by atoms with van der Waals surface area (Å²) < 4.78 is 0. The van der Waals surface area contributed by atoms with Crippen molar-refractivity contribution in [3.8, 4) is 0 Å². The summed E-state index contributed by atoms with van der Waals surface area (Å²) in [7, 11) is 0. The molecule has 0 aromatic heterocycles. The van der Waals surface area contributed by atoms with Crippen molar-refractivity contribution in [3.05, 3.63) is 0 Å². The number of carbonyl (C=O) groups excluding carboxylic acids is 4. The zero-order chi connectivity index (χ0) is 27.4. The lowest BCUT2D eigenvalue weighted by Crippen LogP contribution is -2.61. The Labute approximate surface area is 217 Å². The minimum atomic E-state index is -0.808. The molecule has 0 aromatic rings. The molecular formula is C27H49N5O4. The molecule has 1 heterocycles. The Kier molecular flexibility index (Phi) is 9.82. The van der Waals surface area contributed by atoms with Gasteiger partial charge in [0.2, 0.25) is 17.7 Å². The highest BCUT2D eigenvalue weighted by atomic mass is 16.2. The topological polar surface area (TPSA) is 134 Å². The molecule has 1 saturated heterocycles. The molecule has 36 heavy (non-hydrogen) atoms. The number of carbonyl (C=O) groups is 4. The molecule has 0 bridgehead atoms. The molecule has 1 aliphatic heterocycles. The molecule has 0 radical (unpaired) electrons. The van der Waals surface area contributed by atoms with Crippen molar-refractivity contribution < 1.29 is 19.2 Å². The van der Waals surface area contributed by atoms with Gasteiger partial charge in [-0.25, -0.2) is 4.79 Å². The molecule has 2 fully saturated rings. The molecule has 9 heteroatoms. The number of hydrogen-bond donors (Lipinski definition) is 4. The van der Waals surface area contributed by atoms with Gasteiger partial charge in [0, 0.05) is 24.5 Å². The predicted molar refractivity (Wildman–Crippen MR) is 141 cm³/mol. The molecule has 2 unspecified atom stereocenters. The molecule has 206 valence electrons. The van der Waals surface area contributed by atoms with Gasteiger partial charge in [-0.1, -0.05) is 53.9 Å². The molecule has 0 spiro atoms. The molecule has 2 rings (SSSR count). The van der Waals surface area contributed by atoms with Gasteiger partial charge in [0.15, 0.2) is 0 Å². The maximum atomic E-state index is 13.9. The average molecular weight is 508 g/mol. The minimum absolute atomic E-state index is 0.0177. The maximum Gasteiger partial charge on any atom is 0.315 e. The Balaban J connectivity index is 2.27. The van der Waals surface area contributed by atoms with E-state index in [4.69, 9.17) is 5.73 Å². The highest BCUT2D eigenvalue weighted by molar-refractivity contribution is 5.93. The van der Waals surface area contributed by atoms with E-state index in [0.717, 1.165) is 19.3 Å². The second-order valence-corrected chi connectivity index (χ2v) is 13.2. The molecule has 9 nitrogen and oxygen atoms in total. The second-order valence-electron chi connectivity index (χ2n) is 13.2. The summed E-state index contributed by atoms with van der Waals surface area (Å²) in [5, 5.41) is 8.80. The fourth-order valence-electron chi connectivity index (χ4n) is 5.27. The largest absolute Gasteiger partial charge is 0.370 e. The Hall–Kier alpha value is -2.32. The Bertz CT molecular complexity index is 810. The standard InChI is InChI=1S/C27H49N5O4/c1-16(2)19-12-13-32(24(35)22(26(3,4)5)30-25(36)31-27(6,7)8)21(19)23(34)29-18(15-20(28)33)14-17-10-9-11-17/h16-19,21-22H,9-15H2,1-8H3,(H2,28,33)(H,29,34)(H2,30,31,36)/t18?,19?,21-,22+/m0/s1. The maximum absolute atomic E-state index is 13.9. The van der Waals surface area contributed by atoms with E-state index < -0.39 is 35.0 Å². The summed E-state index contributed by atoms with van der Waals surface area (Å²) in [5.74, 6) is -0.285. The van der Waals surface area contributed by atoms with Crippen LogP contribution in [0.4, 0.5) is 4.79 Å². The Morgan fingerprint density at radius 1 is 0.972 bits per heavy atom. The van der Waals surface area contributed by atoms with E-state index in [9.17, 15) is 19.2 Å². The lowest BCUT2D eigenvalue weighted by atomic mass is 9.80. The van der Waals surface area contributed by atoms with Crippen LogP contribution in [0.25, 0.3) is 0 Å². The van der Waals surface area contributed by atoms with Crippen molar-refractivity contribution in [2.75, 3.05) is 6.54 Å². The normalized spacial score (nSPS) is 22.5. The third kappa shape index (κ3) is 8.37. The van der Waals surface area contributed by atoms with Crippen molar-refractivity contribution in [1.29, 1.82) is 0 Å². The van der Waals surface area contributed by atoms with Crippen LogP contribution in [-0.2, 0) is 14.4 Å². The van der Waals surface area contributed by atoms with Crippen LogP contribution < -0.4 is 21.7 Å². The van der Waals surface area contributed by atoms with E-state index in [2.05, 4.69) is 29.8 Å². The molecular weight excluding hydrogens is 458 g/mol. The fraction of sp³-hybridized carbons (Fsp3) is 0.852. The quantitative estimate of drug-likeness (QED) is 0.382. The van der Waals surface area contributed by atoms with Crippen LogP contribution in [0.3, 0.4) is 0 Å². The van der Waals surface area contributed by atoms with Crippen LogP contribution in [0.5, 0.6) is 0 Å². The Morgan fingerprint density at radius 2 is 1.58 bits per heavy atom. The second kappa shape index (κ2) is 11.8. The number of nitrogens with one attached hydrogen (secondary N) is 3. The van der Waals surface area contributed by atoms with Crippen LogP contribution in [0.15, 0.2) is 0 Å². The van der Waals surface area contributed by atoms with Crippen LogP contribution in [0.2, 0.25) is 0 Å². The molecule has 1 saturated carbocycles. The summed E-state index contributed by atoms with van der Waals surface area (Å²) >= 11 is 0. The average Bonchev–Trinajstić information content (AvgIpc) is 3.11. The molecule has 5 N–H and O–H groups in total. The van der Waals surface area contributed by atoms with E-state index in [0.29, 0.717) is 18.9 Å². The molecule has 4 atom stereocenters. The fourth-order valence-corrected chi connectivity index (χ4v) is 5.27. The number of urea groups is 1. The number of nitrogens with two attached hydrogens (primary N) is 1. The third-order valence-electron chi connectivity index (χ3n) is 7.37. The first-order valence-corrected chi connectivity index (χ1v) is 13.5. The number of hydrogen-bond acceptors (Lipinski definition) is 4. The van der Waals surface area contributed by atoms with Crippen molar-refractivity contribution in [2.45, 2.75) is 118 Å². The third-order valence-corrected chi connectivity index (χ3v) is 7.37. The van der Waals surface area contributed by atoms with Crippen LogP contribution in [-0.4, -0.2) is 58.9 Å². The van der Waals surface area contributed by atoms with Gasteiger partial charge in [-0.3, -0.25) is 14.4 Å². The van der Waals surface area contributed by atoms with E-state index in [1.54, 1.807) is 4.90 Å². The number of primary amides is 1. The van der Waals surface area contributed by atoms with Gasteiger partial charge in [0.25, 0.3) is 0 Å². The minimum Gasteiger partial charge on any atom is -0.370 e.